The summed E-state index contributed by atoms with van der Waals surface area (Å²) < 4.78 is 0. The van der Waals surface area contributed by atoms with Crippen molar-refractivity contribution in [1.29, 1.82) is 0 Å². The van der Waals surface area contributed by atoms with Gasteiger partial charge in [0.15, 0.2) is 0 Å². The van der Waals surface area contributed by atoms with Gasteiger partial charge in [0.25, 0.3) is 0 Å². The Bertz CT molecular complexity index is 130. The number of amides is 2. The first-order valence-electron chi connectivity index (χ1n) is 3.36. The summed E-state index contributed by atoms with van der Waals surface area (Å²) in [6, 6.07) is 0. The number of nitrogens with one attached hydrogen (secondary N) is 2. The first kappa shape index (κ1) is 10.3. The van der Waals surface area contributed by atoms with Gasteiger partial charge in [0.05, 0.1) is 0 Å². The number of thiol groups is 1. The minimum atomic E-state index is -0.0345. The zero-order valence-corrected chi connectivity index (χ0v) is 7.06. The van der Waals surface area contributed by atoms with E-state index in [1.165, 1.54) is 0 Å². The van der Waals surface area contributed by atoms with Crippen LogP contribution in [0.5, 0.6) is 0 Å². The summed E-state index contributed by atoms with van der Waals surface area (Å²) in [5.74, 6) is 0.514. The van der Waals surface area contributed by atoms with E-state index in [1.807, 2.05) is 0 Å². The largest absolute Gasteiger partial charge is 0.357 e. The summed E-state index contributed by atoms with van der Waals surface area (Å²) in [7, 11) is 0. The number of rotatable bonds is 6. The van der Waals surface area contributed by atoms with E-state index in [9.17, 15) is 9.59 Å². The molecule has 5 heteroatoms. The molecule has 0 bridgehead atoms. The minimum absolute atomic E-state index is 0.0345. The summed E-state index contributed by atoms with van der Waals surface area (Å²) in [5.41, 5.74) is 0. The molecule has 11 heavy (non-hydrogen) atoms. The maximum absolute atomic E-state index is 10.7. The molecule has 2 N–H and O–H groups in total. The van der Waals surface area contributed by atoms with E-state index in [0.717, 1.165) is 0 Å². The monoisotopic (exact) mass is 176 g/mol. The molecule has 0 saturated heterocycles. The van der Waals surface area contributed by atoms with Gasteiger partial charge >= 0.3 is 0 Å². The van der Waals surface area contributed by atoms with Crippen LogP contribution in [0.4, 0.5) is 0 Å². The van der Waals surface area contributed by atoms with Crippen molar-refractivity contribution in [1.82, 2.24) is 10.6 Å². The predicted molar refractivity (Wildman–Crippen MR) is 45.5 cm³/mol. The highest BCUT2D eigenvalue weighted by molar-refractivity contribution is 7.80. The van der Waals surface area contributed by atoms with Gasteiger partial charge in [-0.2, -0.15) is 12.6 Å². The fraction of sp³-hybridized carbons (Fsp3) is 0.667. The highest BCUT2D eigenvalue weighted by Gasteiger charge is 1.95. The van der Waals surface area contributed by atoms with Gasteiger partial charge in [-0.15, -0.1) is 0 Å². The molecule has 2 amide bonds. The van der Waals surface area contributed by atoms with Crippen molar-refractivity contribution in [3.63, 3.8) is 0 Å². The summed E-state index contributed by atoms with van der Waals surface area (Å²) in [6.45, 7) is 0.952. The van der Waals surface area contributed by atoms with Gasteiger partial charge in [-0.3, -0.25) is 9.59 Å². The number of carbonyl (C=O) groups is 2. The zero-order valence-electron chi connectivity index (χ0n) is 6.17. The van der Waals surface area contributed by atoms with Crippen LogP contribution in [0.3, 0.4) is 0 Å². The van der Waals surface area contributed by atoms with Crippen molar-refractivity contribution in [3.05, 3.63) is 0 Å². The molecule has 0 aliphatic carbocycles. The highest BCUT2D eigenvalue weighted by Crippen LogP contribution is 1.81. The van der Waals surface area contributed by atoms with E-state index in [0.29, 0.717) is 31.7 Å². The van der Waals surface area contributed by atoms with E-state index in [-0.39, 0.29) is 5.91 Å². The maximum Gasteiger partial charge on any atom is 0.220 e. The molecule has 0 aromatic rings. The molecule has 0 fully saturated rings. The topological polar surface area (TPSA) is 58.2 Å². The molecule has 4 nitrogen and oxygen atoms in total. The lowest BCUT2D eigenvalue weighted by Crippen LogP contribution is -2.31. The van der Waals surface area contributed by atoms with E-state index in [2.05, 4.69) is 23.3 Å². The molecule has 0 radical (unpaired) electrons. The van der Waals surface area contributed by atoms with E-state index in [1.54, 1.807) is 0 Å². The molecule has 0 spiro atoms. The van der Waals surface area contributed by atoms with Gasteiger partial charge in [-0.25, -0.2) is 0 Å². The first-order valence-corrected chi connectivity index (χ1v) is 3.99. The van der Waals surface area contributed by atoms with Crippen LogP contribution in [-0.4, -0.2) is 31.2 Å². The average Bonchev–Trinajstić information content (AvgIpc) is 1.99. The Labute approximate surface area is 71.1 Å². The van der Waals surface area contributed by atoms with Crippen LogP contribution in [0.1, 0.15) is 6.42 Å². The summed E-state index contributed by atoms with van der Waals surface area (Å²) in [6.07, 6.45) is 1.02. The van der Waals surface area contributed by atoms with Crippen molar-refractivity contribution in [3.8, 4) is 0 Å². The van der Waals surface area contributed by atoms with Crippen LogP contribution in [0.25, 0.3) is 0 Å². The van der Waals surface area contributed by atoms with Gasteiger partial charge in [-0.1, -0.05) is 0 Å². The number of hydrogen-bond acceptors (Lipinski definition) is 3. The SMILES string of the molecule is O=CNCCNC(=O)CCS. The lowest BCUT2D eigenvalue weighted by Gasteiger charge is -2.01. The summed E-state index contributed by atoms with van der Waals surface area (Å²) in [5, 5.41) is 5.04. The lowest BCUT2D eigenvalue weighted by atomic mass is 10.4. The molecule has 0 unspecified atom stereocenters. The Morgan fingerprint density at radius 3 is 2.73 bits per heavy atom. The van der Waals surface area contributed by atoms with Crippen LogP contribution < -0.4 is 10.6 Å². The smallest absolute Gasteiger partial charge is 0.220 e. The van der Waals surface area contributed by atoms with Crippen molar-refractivity contribution < 1.29 is 9.59 Å². The molecule has 0 rings (SSSR count). The molecule has 0 heterocycles. The molecular formula is C6H12N2O2S. The fourth-order valence-electron chi connectivity index (χ4n) is 0.523. The molecule has 0 atom stereocenters. The number of hydrogen-bond donors (Lipinski definition) is 3. The fourth-order valence-corrected chi connectivity index (χ4v) is 0.726. The first-order chi connectivity index (χ1) is 5.31. The second-order valence-electron chi connectivity index (χ2n) is 1.90. The number of carbonyl (C=O) groups excluding carboxylic acids is 2. The zero-order chi connectivity index (χ0) is 8.53. The third-order valence-electron chi connectivity index (χ3n) is 1.01. The Kier molecular flexibility index (Phi) is 6.92. The van der Waals surface area contributed by atoms with Crippen LogP contribution in [-0.2, 0) is 9.59 Å². The van der Waals surface area contributed by atoms with Crippen LogP contribution >= 0.6 is 12.6 Å². The second-order valence-corrected chi connectivity index (χ2v) is 2.34. The van der Waals surface area contributed by atoms with Crippen molar-refractivity contribution in [2.45, 2.75) is 6.42 Å². The predicted octanol–water partition coefficient (Wildman–Crippen LogP) is -0.832. The van der Waals surface area contributed by atoms with Gasteiger partial charge in [-0.05, 0) is 5.75 Å². The van der Waals surface area contributed by atoms with Crippen molar-refractivity contribution >= 4 is 24.9 Å². The summed E-state index contributed by atoms with van der Waals surface area (Å²) >= 11 is 3.89. The van der Waals surface area contributed by atoms with Crippen LogP contribution in [0.2, 0.25) is 0 Å². The molecular weight excluding hydrogens is 164 g/mol. The third kappa shape index (κ3) is 7.18. The van der Waals surface area contributed by atoms with Gasteiger partial charge < -0.3 is 10.6 Å². The molecule has 0 aromatic heterocycles. The molecule has 0 aromatic carbocycles. The Morgan fingerprint density at radius 2 is 2.18 bits per heavy atom. The Balaban J connectivity index is 3.10. The third-order valence-corrected chi connectivity index (χ3v) is 1.24. The quantitative estimate of drug-likeness (QED) is 0.281. The van der Waals surface area contributed by atoms with Gasteiger partial charge in [0.2, 0.25) is 12.3 Å². The van der Waals surface area contributed by atoms with Crippen molar-refractivity contribution in [2.24, 2.45) is 0 Å². The molecule has 64 valence electrons. The molecule has 0 saturated carbocycles. The Morgan fingerprint density at radius 1 is 1.45 bits per heavy atom. The van der Waals surface area contributed by atoms with E-state index < -0.39 is 0 Å². The maximum atomic E-state index is 10.7. The molecule has 0 aliphatic heterocycles. The lowest BCUT2D eigenvalue weighted by molar-refractivity contribution is -0.120. The average molecular weight is 176 g/mol. The molecule has 0 aliphatic rings. The summed E-state index contributed by atoms with van der Waals surface area (Å²) in [4.78, 5) is 20.5. The standard InChI is InChI=1S/C6H12N2O2S/c9-5-7-2-3-8-6(10)1-4-11/h5,11H,1-4H2,(H,7,9)(H,8,10). The van der Waals surface area contributed by atoms with Crippen molar-refractivity contribution in [2.75, 3.05) is 18.8 Å². The van der Waals surface area contributed by atoms with Gasteiger partial charge in [0, 0.05) is 19.5 Å². The minimum Gasteiger partial charge on any atom is -0.357 e. The highest BCUT2D eigenvalue weighted by atomic mass is 32.1. The van der Waals surface area contributed by atoms with Crippen LogP contribution in [0.15, 0.2) is 0 Å². The Hall–Kier alpha value is -0.710. The van der Waals surface area contributed by atoms with E-state index in [4.69, 9.17) is 0 Å². The van der Waals surface area contributed by atoms with Gasteiger partial charge in [0.1, 0.15) is 0 Å². The normalized spacial score (nSPS) is 8.82. The second kappa shape index (κ2) is 7.40. The van der Waals surface area contributed by atoms with E-state index >= 15 is 0 Å². The van der Waals surface area contributed by atoms with Crippen LogP contribution in [0, 0.1) is 0 Å².